The third-order valence-electron chi connectivity index (χ3n) is 4.81. The van der Waals surface area contributed by atoms with Crippen molar-refractivity contribution in [2.24, 2.45) is 0 Å². The van der Waals surface area contributed by atoms with Crippen molar-refractivity contribution in [3.63, 3.8) is 0 Å². The Morgan fingerprint density at radius 3 is 2.22 bits per heavy atom. The van der Waals surface area contributed by atoms with Gasteiger partial charge in [0, 0.05) is 31.9 Å². The van der Waals surface area contributed by atoms with Crippen molar-refractivity contribution in [3.05, 3.63) is 59.7 Å². The number of nitrogens with zero attached hydrogens (tertiary/aromatic N) is 2. The van der Waals surface area contributed by atoms with Crippen LogP contribution in [0, 0.1) is 6.92 Å². The molecule has 6 nitrogen and oxygen atoms in total. The highest BCUT2D eigenvalue weighted by atomic mass is 16.5. The number of carbonyl (C=O) groups is 2. The normalized spacial score (nSPS) is 15.3. The lowest BCUT2D eigenvalue weighted by Gasteiger charge is -2.36. The van der Waals surface area contributed by atoms with E-state index in [-0.39, 0.29) is 11.8 Å². The van der Waals surface area contributed by atoms with Crippen LogP contribution in [0.2, 0.25) is 0 Å². The summed E-state index contributed by atoms with van der Waals surface area (Å²) in [6.07, 6.45) is -0.571. The molecule has 0 aliphatic carbocycles. The average Bonchev–Trinajstić information content (AvgIpc) is 2.69. The predicted octanol–water partition coefficient (Wildman–Crippen LogP) is 2.33. The van der Waals surface area contributed by atoms with E-state index in [0.29, 0.717) is 43.2 Å². The molecule has 2 amide bonds. The van der Waals surface area contributed by atoms with Crippen molar-refractivity contribution < 1.29 is 14.3 Å². The molecule has 1 atom stereocenters. The minimum Gasteiger partial charge on any atom is -0.481 e. The van der Waals surface area contributed by atoms with Crippen LogP contribution in [0.1, 0.15) is 22.8 Å². The molecule has 142 valence electrons. The molecular formula is C21H25N3O3. The van der Waals surface area contributed by atoms with Gasteiger partial charge in [-0.1, -0.05) is 30.3 Å². The van der Waals surface area contributed by atoms with Gasteiger partial charge in [-0.15, -0.1) is 0 Å². The smallest absolute Gasteiger partial charge is 0.263 e. The molecule has 1 aliphatic rings. The zero-order chi connectivity index (χ0) is 19.4. The highest BCUT2D eigenvalue weighted by Crippen LogP contribution is 2.19. The highest BCUT2D eigenvalue weighted by Gasteiger charge is 2.28. The Morgan fingerprint density at radius 1 is 0.963 bits per heavy atom. The Morgan fingerprint density at radius 2 is 1.56 bits per heavy atom. The number of hydrogen-bond donors (Lipinski definition) is 1. The molecule has 27 heavy (non-hydrogen) atoms. The number of benzene rings is 2. The molecular weight excluding hydrogens is 342 g/mol. The van der Waals surface area contributed by atoms with Gasteiger partial charge in [0.1, 0.15) is 5.75 Å². The van der Waals surface area contributed by atoms with E-state index in [1.165, 1.54) is 0 Å². The molecule has 6 heteroatoms. The van der Waals surface area contributed by atoms with Crippen molar-refractivity contribution in [1.82, 2.24) is 9.80 Å². The van der Waals surface area contributed by atoms with Gasteiger partial charge in [0.15, 0.2) is 6.10 Å². The standard InChI is InChI=1S/C21H25N3O3/c1-15-7-3-6-10-19(15)27-16(2)20(25)23-11-13-24(14-12-23)21(26)17-8-4-5-9-18(17)22/h3-10,16H,11-14,22H2,1-2H3. The van der Waals surface area contributed by atoms with Gasteiger partial charge in [-0.25, -0.2) is 0 Å². The van der Waals surface area contributed by atoms with Gasteiger partial charge in [-0.05, 0) is 37.6 Å². The minimum atomic E-state index is -0.571. The number of piperazine rings is 1. The van der Waals surface area contributed by atoms with E-state index < -0.39 is 6.10 Å². The molecule has 1 unspecified atom stereocenters. The first kappa shape index (κ1) is 18.8. The van der Waals surface area contributed by atoms with Crippen LogP contribution < -0.4 is 10.5 Å². The predicted molar refractivity (Wildman–Crippen MR) is 105 cm³/mol. The second kappa shape index (κ2) is 8.12. The maximum absolute atomic E-state index is 12.7. The van der Waals surface area contributed by atoms with Gasteiger partial charge in [0.2, 0.25) is 0 Å². The molecule has 0 bridgehead atoms. The molecule has 1 aliphatic heterocycles. The van der Waals surface area contributed by atoms with Gasteiger partial charge >= 0.3 is 0 Å². The Bertz CT molecular complexity index is 829. The van der Waals surface area contributed by atoms with Crippen LogP contribution >= 0.6 is 0 Å². The first-order valence-corrected chi connectivity index (χ1v) is 9.12. The van der Waals surface area contributed by atoms with E-state index in [1.54, 1.807) is 41.0 Å². The Balaban J connectivity index is 1.57. The number of amides is 2. The minimum absolute atomic E-state index is 0.0652. The Labute approximate surface area is 159 Å². The number of aryl methyl sites for hydroxylation is 1. The summed E-state index contributed by atoms with van der Waals surface area (Å²) in [5.74, 6) is 0.556. The summed E-state index contributed by atoms with van der Waals surface area (Å²) in [5, 5.41) is 0. The van der Waals surface area contributed by atoms with Crippen LogP contribution in [0.3, 0.4) is 0 Å². The van der Waals surface area contributed by atoms with Gasteiger partial charge < -0.3 is 20.3 Å². The third-order valence-corrected chi connectivity index (χ3v) is 4.81. The fourth-order valence-corrected chi connectivity index (χ4v) is 3.18. The van der Waals surface area contributed by atoms with Crippen molar-refractivity contribution in [1.29, 1.82) is 0 Å². The summed E-state index contributed by atoms with van der Waals surface area (Å²) >= 11 is 0. The van der Waals surface area contributed by atoms with E-state index in [2.05, 4.69) is 0 Å². The molecule has 1 saturated heterocycles. The molecule has 2 aromatic carbocycles. The monoisotopic (exact) mass is 367 g/mol. The molecule has 0 saturated carbocycles. The van der Waals surface area contributed by atoms with E-state index >= 15 is 0 Å². The number of ether oxygens (including phenoxy) is 1. The number of rotatable bonds is 4. The second-order valence-electron chi connectivity index (χ2n) is 6.73. The SMILES string of the molecule is Cc1ccccc1OC(C)C(=O)N1CCN(C(=O)c2ccccc2N)CC1. The van der Waals surface area contributed by atoms with Gasteiger partial charge in [-0.3, -0.25) is 9.59 Å². The van der Waals surface area contributed by atoms with Gasteiger partial charge in [0.25, 0.3) is 11.8 Å². The van der Waals surface area contributed by atoms with Crippen LogP contribution in [-0.2, 0) is 4.79 Å². The van der Waals surface area contributed by atoms with E-state index in [1.807, 2.05) is 31.2 Å². The first-order chi connectivity index (χ1) is 13.0. The van der Waals surface area contributed by atoms with Crippen LogP contribution in [0.4, 0.5) is 5.69 Å². The molecule has 0 radical (unpaired) electrons. The van der Waals surface area contributed by atoms with Crippen molar-refractivity contribution >= 4 is 17.5 Å². The molecule has 0 aromatic heterocycles. The zero-order valence-electron chi connectivity index (χ0n) is 15.7. The summed E-state index contributed by atoms with van der Waals surface area (Å²) in [7, 11) is 0. The molecule has 2 N–H and O–H groups in total. The lowest BCUT2D eigenvalue weighted by atomic mass is 10.1. The first-order valence-electron chi connectivity index (χ1n) is 9.12. The maximum Gasteiger partial charge on any atom is 0.263 e. The average molecular weight is 367 g/mol. The Hall–Kier alpha value is -3.02. The van der Waals surface area contributed by atoms with E-state index in [0.717, 1.165) is 5.56 Å². The summed E-state index contributed by atoms with van der Waals surface area (Å²) in [5.41, 5.74) is 7.88. The zero-order valence-corrected chi connectivity index (χ0v) is 15.7. The summed E-state index contributed by atoms with van der Waals surface area (Å²) < 4.78 is 5.83. The number of para-hydroxylation sites is 2. The quantitative estimate of drug-likeness (QED) is 0.842. The van der Waals surface area contributed by atoms with E-state index in [4.69, 9.17) is 10.5 Å². The number of anilines is 1. The summed E-state index contributed by atoms with van der Waals surface area (Å²) in [6.45, 7) is 5.65. The van der Waals surface area contributed by atoms with Gasteiger partial charge in [0.05, 0.1) is 5.56 Å². The topological polar surface area (TPSA) is 75.9 Å². The molecule has 1 heterocycles. The molecule has 1 fully saturated rings. The number of carbonyl (C=O) groups excluding carboxylic acids is 2. The fourth-order valence-electron chi connectivity index (χ4n) is 3.18. The third kappa shape index (κ3) is 4.22. The van der Waals surface area contributed by atoms with Crippen molar-refractivity contribution in [2.75, 3.05) is 31.9 Å². The van der Waals surface area contributed by atoms with E-state index in [9.17, 15) is 9.59 Å². The van der Waals surface area contributed by atoms with Crippen LogP contribution in [0.5, 0.6) is 5.75 Å². The highest BCUT2D eigenvalue weighted by molar-refractivity contribution is 5.99. The van der Waals surface area contributed by atoms with Crippen LogP contribution in [0.25, 0.3) is 0 Å². The largest absolute Gasteiger partial charge is 0.481 e. The Kier molecular flexibility index (Phi) is 5.64. The lowest BCUT2D eigenvalue weighted by Crippen LogP contribution is -2.53. The van der Waals surface area contributed by atoms with Crippen molar-refractivity contribution in [2.45, 2.75) is 20.0 Å². The lowest BCUT2D eigenvalue weighted by molar-refractivity contribution is -0.139. The molecule has 0 spiro atoms. The number of nitrogen functional groups attached to an aromatic ring is 1. The fraction of sp³-hybridized carbons (Fsp3) is 0.333. The molecule has 2 aromatic rings. The van der Waals surface area contributed by atoms with Crippen LogP contribution in [0.15, 0.2) is 48.5 Å². The summed E-state index contributed by atoms with van der Waals surface area (Å²) in [4.78, 5) is 28.8. The second-order valence-corrected chi connectivity index (χ2v) is 6.73. The number of hydrogen-bond acceptors (Lipinski definition) is 4. The number of nitrogens with two attached hydrogens (primary N) is 1. The molecule has 3 rings (SSSR count). The van der Waals surface area contributed by atoms with Crippen molar-refractivity contribution in [3.8, 4) is 5.75 Å². The summed E-state index contributed by atoms with van der Waals surface area (Å²) in [6, 6.07) is 14.7. The maximum atomic E-state index is 12.7. The van der Waals surface area contributed by atoms with Gasteiger partial charge in [-0.2, -0.15) is 0 Å². The van der Waals surface area contributed by atoms with Crippen LogP contribution in [-0.4, -0.2) is 53.9 Å².